The highest BCUT2D eigenvalue weighted by Gasteiger charge is 2.48. The molecule has 0 aromatic heterocycles. The highest BCUT2D eigenvalue weighted by Crippen LogP contribution is 2.49. The molecule has 3 atom stereocenters. The van der Waals surface area contributed by atoms with Gasteiger partial charge in [0.05, 0.1) is 0 Å². The van der Waals surface area contributed by atoms with Gasteiger partial charge in [-0.2, -0.15) is 0 Å². The number of ketones is 1. The van der Waals surface area contributed by atoms with Gasteiger partial charge in [-0.3, -0.25) is 9.59 Å². The minimum atomic E-state index is -0.231. The lowest BCUT2D eigenvalue weighted by Gasteiger charge is -2.48. The van der Waals surface area contributed by atoms with Crippen LogP contribution in [0.5, 0.6) is 0 Å². The van der Waals surface area contributed by atoms with E-state index in [2.05, 4.69) is 6.92 Å². The molecule has 0 aliphatic heterocycles. The van der Waals surface area contributed by atoms with Crippen molar-refractivity contribution in [1.29, 1.82) is 0 Å². The second-order valence-electron chi connectivity index (χ2n) is 5.41. The summed E-state index contributed by atoms with van der Waals surface area (Å²) in [6.07, 6.45) is 8.02. The molecule has 3 heteroatoms. The predicted octanol–water partition coefficient (Wildman–Crippen LogP) is 2.64. The molecule has 2 aliphatic rings. The smallest absolute Gasteiger partial charge is 0.302 e. The third-order valence-electron chi connectivity index (χ3n) is 4.34. The third-order valence-corrected chi connectivity index (χ3v) is 4.34. The number of hydrogen-bond acceptors (Lipinski definition) is 3. The Morgan fingerprint density at radius 2 is 2.24 bits per heavy atom. The Bertz CT molecular complexity index is 358. The van der Waals surface area contributed by atoms with Gasteiger partial charge in [-0.15, -0.1) is 0 Å². The Morgan fingerprint density at radius 1 is 1.47 bits per heavy atom. The van der Waals surface area contributed by atoms with Gasteiger partial charge in [-0.25, -0.2) is 0 Å². The standard InChI is InChI=1S/C14H20O3/c1-10-5-3-7-13(17-11(2)15)14(10)8-4-6-12(16)9-14/h4,6,10,13H,3,5,7-9H2,1-2H3/t10-,13+,14+/m1/s1. The average molecular weight is 236 g/mol. The summed E-state index contributed by atoms with van der Waals surface area (Å²) in [6, 6.07) is 0. The number of esters is 1. The molecular formula is C14H20O3. The molecule has 0 amide bonds. The lowest BCUT2D eigenvalue weighted by Crippen LogP contribution is -2.48. The average Bonchev–Trinajstić information content (AvgIpc) is 2.25. The summed E-state index contributed by atoms with van der Waals surface area (Å²) in [5.41, 5.74) is -0.143. The van der Waals surface area contributed by atoms with Crippen LogP contribution in [0, 0.1) is 11.3 Å². The van der Waals surface area contributed by atoms with Gasteiger partial charge in [0.25, 0.3) is 0 Å². The molecule has 0 N–H and O–H groups in total. The molecule has 94 valence electrons. The Morgan fingerprint density at radius 3 is 2.88 bits per heavy atom. The third kappa shape index (κ3) is 2.28. The lowest BCUT2D eigenvalue weighted by atomic mass is 9.59. The second kappa shape index (κ2) is 4.63. The molecule has 1 fully saturated rings. The Labute approximate surface area is 102 Å². The Kier molecular flexibility index (Phi) is 3.36. The van der Waals surface area contributed by atoms with Crippen LogP contribution in [0.15, 0.2) is 12.2 Å². The molecule has 0 radical (unpaired) electrons. The number of carbonyl (C=O) groups is 2. The molecule has 1 saturated carbocycles. The molecule has 0 heterocycles. The highest BCUT2D eigenvalue weighted by molar-refractivity contribution is 5.91. The molecule has 0 unspecified atom stereocenters. The van der Waals surface area contributed by atoms with Gasteiger partial charge in [0.1, 0.15) is 6.10 Å². The number of ether oxygens (including phenoxy) is 1. The largest absolute Gasteiger partial charge is 0.462 e. The van der Waals surface area contributed by atoms with Crippen LogP contribution in [-0.2, 0) is 14.3 Å². The molecule has 17 heavy (non-hydrogen) atoms. The number of allylic oxidation sites excluding steroid dienone is 2. The van der Waals surface area contributed by atoms with Crippen molar-refractivity contribution in [3.05, 3.63) is 12.2 Å². The predicted molar refractivity (Wildman–Crippen MR) is 64.4 cm³/mol. The molecule has 0 saturated heterocycles. The first kappa shape index (κ1) is 12.3. The van der Waals surface area contributed by atoms with Crippen LogP contribution in [0.25, 0.3) is 0 Å². The van der Waals surface area contributed by atoms with Crippen LogP contribution in [-0.4, -0.2) is 17.9 Å². The second-order valence-corrected chi connectivity index (χ2v) is 5.41. The summed E-state index contributed by atoms with van der Waals surface area (Å²) in [5, 5.41) is 0. The van der Waals surface area contributed by atoms with Crippen molar-refractivity contribution in [3.8, 4) is 0 Å². The lowest BCUT2D eigenvalue weighted by molar-refractivity contribution is -0.163. The van der Waals surface area contributed by atoms with Crippen LogP contribution in [0.2, 0.25) is 0 Å². The van der Waals surface area contributed by atoms with Crippen LogP contribution in [0.4, 0.5) is 0 Å². The van der Waals surface area contributed by atoms with Crippen molar-refractivity contribution in [2.45, 2.75) is 52.1 Å². The normalized spacial score (nSPS) is 37.2. The van der Waals surface area contributed by atoms with Crippen molar-refractivity contribution < 1.29 is 14.3 Å². The maximum atomic E-state index is 11.7. The molecule has 0 bridgehead atoms. The van der Waals surface area contributed by atoms with Gasteiger partial charge in [-0.05, 0) is 37.7 Å². The minimum Gasteiger partial charge on any atom is -0.462 e. The Balaban J connectivity index is 2.26. The highest BCUT2D eigenvalue weighted by atomic mass is 16.5. The van der Waals surface area contributed by atoms with Crippen molar-refractivity contribution in [2.24, 2.45) is 11.3 Å². The first-order valence-corrected chi connectivity index (χ1v) is 6.41. The molecule has 3 nitrogen and oxygen atoms in total. The van der Waals surface area contributed by atoms with Crippen molar-refractivity contribution in [3.63, 3.8) is 0 Å². The fourth-order valence-electron chi connectivity index (χ4n) is 3.36. The number of hydrogen-bond donors (Lipinski definition) is 0. The van der Waals surface area contributed by atoms with E-state index in [1.807, 2.05) is 6.08 Å². The number of carbonyl (C=O) groups excluding carboxylic acids is 2. The Hall–Kier alpha value is -1.12. The van der Waals surface area contributed by atoms with Gasteiger partial charge in [0.15, 0.2) is 5.78 Å². The summed E-state index contributed by atoms with van der Waals surface area (Å²) in [7, 11) is 0. The van der Waals surface area contributed by atoms with Gasteiger partial charge in [0, 0.05) is 18.8 Å². The summed E-state index contributed by atoms with van der Waals surface area (Å²) in [6.45, 7) is 3.63. The first-order chi connectivity index (χ1) is 8.04. The maximum absolute atomic E-state index is 11.7. The van der Waals surface area contributed by atoms with E-state index in [0.29, 0.717) is 12.3 Å². The van der Waals surface area contributed by atoms with E-state index in [-0.39, 0.29) is 23.3 Å². The van der Waals surface area contributed by atoms with Gasteiger partial charge in [-0.1, -0.05) is 13.0 Å². The molecule has 0 aromatic carbocycles. The van der Waals surface area contributed by atoms with E-state index in [4.69, 9.17) is 4.74 Å². The van der Waals surface area contributed by atoms with E-state index in [0.717, 1.165) is 25.7 Å². The summed E-state index contributed by atoms with van der Waals surface area (Å²) >= 11 is 0. The van der Waals surface area contributed by atoms with E-state index < -0.39 is 0 Å². The van der Waals surface area contributed by atoms with Crippen molar-refractivity contribution in [1.82, 2.24) is 0 Å². The van der Waals surface area contributed by atoms with E-state index >= 15 is 0 Å². The van der Waals surface area contributed by atoms with Gasteiger partial charge >= 0.3 is 5.97 Å². The van der Waals surface area contributed by atoms with Crippen molar-refractivity contribution in [2.75, 3.05) is 0 Å². The fraction of sp³-hybridized carbons (Fsp3) is 0.714. The van der Waals surface area contributed by atoms with E-state index in [1.54, 1.807) is 6.08 Å². The van der Waals surface area contributed by atoms with E-state index in [9.17, 15) is 9.59 Å². The van der Waals surface area contributed by atoms with Gasteiger partial charge in [0.2, 0.25) is 0 Å². The quantitative estimate of drug-likeness (QED) is 0.657. The van der Waals surface area contributed by atoms with Crippen LogP contribution in [0.3, 0.4) is 0 Å². The molecule has 1 spiro atoms. The van der Waals surface area contributed by atoms with Gasteiger partial charge < -0.3 is 4.74 Å². The molecular weight excluding hydrogens is 216 g/mol. The first-order valence-electron chi connectivity index (χ1n) is 6.41. The maximum Gasteiger partial charge on any atom is 0.302 e. The summed E-state index contributed by atoms with van der Waals surface area (Å²) in [4.78, 5) is 22.9. The van der Waals surface area contributed by atoms with Crippen molar-refractivity contribution >= 4 is 11.8 Å². The molecule has 0 aromatic rings. The fourth-order valence-corrected chi connectivity index (χ4v) is 3.36. The summed E-state index contributed by atoms with van der Waals surface area (Å²) in [5.74, 6) is 0.377. The number of rotatable bonds is 1. The van der Waals surface area contributed by atoms with Crippen LogP contribution < -0.4 is 0 Å². The zero-order chi connectivity index (χ0) is 12.5. The monoisotopic (exact) mass is 236 g/mol. The van der Waals surface area contributed by atoms with Crippen LogP contribution >= 0.6 is 0 Å². The minimum absolute atomic E-state index is 0.0855. The van der Waals surface area contributed by atoms with Crippen LogP contribution in [0.1, 0.15) is 46.0 Å². The SMILES string of the molecule is CC(=O)O[C@H]1CCC[C@@H](C)[C@@]12CC=CC(=O)C2. The zero-order valence-corrected chi connectivity index (χ0v) is 10.6. The van der Waals surface area contributed by atoms with E-state index in [1.165, 1.54) is 6.92 Å². The summed E-state index contributed by atoms with van der Waals surface area (Å²) < 4.78 is 5.48. The zero-order valence-electron chi connectivity index (χ0n) is 10.6. The molecule has 2 aliphatic carbocycles. The topological polar surface area (TPSA) is 43.4 Å². The molecule has 2 rings (SSSR count).